The van der Waals surface area contributed by atoms with Crippen LogP contribution in [0.2, 0.25) is 0 Å². The third kappa shape index (κ3) is 4.16. The quantitative estimate of drug-likeness (QED) is 0.693. The number of hydrogen-bond donors (Lipinski definition) is 0. The fraction of sp³-hybridized carbons (Fsp3) is 0.909. The maximum Gasteiger partial charge on any atom is 0.222 e. The van der Waals surface area contributed by atoms with E-state index in [1.807, 2.05) is 13.8 Å². The first kappa shape index (κ1) is 19.9. The Bertz CT molecular complexity index is 508. The van der Waals surface area contributed by atoms with E-state index >= 15 is 0 Å². The van der Waals surface area contributed by atoms with Gasteiger partial charge in [0.15, 0.2) is 0 Å². The Hall–Kier alpha value is -0.900. The number of piperazine rings is 1. The Labute approximate surface area is 159 Å². The first-order valence-corrected chi connectivity index (χ1v) is 10.9. The zero-order chi connectivity index (χ0) is 18.9. The normalized spacial score (nSPS) is 33.0. The topological polar surface area (TPSA) is 40.6 Å². The molecule has 0 aromatic carbocycles. The summed E-state index contributed by atoms with van der Waals surface area (Å²) in [7, 11) is 0. The van der Waals surface area contributed by atoms with Crippen LogP contribution in [0.25, 0.3) is 0 Å². The van der Waals surface area contributed by atoms with Crippen molar-refractivity contribution in [2.24, 2.45) is 23.2 Å². The molecule has 0 bridgehead atoms. The van der Waals surface area contributed by atoms with E-state index < -0.39 is 0 Å². The van der Waals surface area contributed by atoms with Crippen LogP contribution in [0.1, 0.15) is 72.6 Å². The zero-order valence-electron chi connectivity index (χ0n) is 17.3. The van der Waals surface area contributed by atoms with Crippen molar-refractivity contribution in [3.8, 4) is 0 Å². The molecule has 4 nitrogen and oxygen atoms in total. The molecule has 2 aliphatic carbocycles. The molecule has 1 saturated heterocycles. The Balaban J connectivity index is 1.35. The second kappa shape index (κ2) is 8.00. The molecule has 1 atom stereocenters. The maximum atomic E-state index is 12.4. The molecule has 0 aromatic rings. The van der Waals surface area contributed by atoms with Crippen LogP contribution in [-0.4, -0.2) is 53.7 Å². The summed E-state index contributed by atoms with van der Waals surface area (Å²) >= 11 is 0. The van der Waals surface area contributed by atoms with Gasteiger partial charge in [-0.1, -0.05) is 34.1 Å². The Morgan fingerprint density at radius 3 is 2.15 bits per heavy atom. The summed E-state index contributed by atoms with van der Waals surface area (Å²) in [6, 6.07) is 0.697. The Morgan fingerprint density at radius 1 is 1.00 bits per heavy atom. The summed E-state index contributed by atoms with van der Waals surface area (Å²) in [6.45, 7) is 12.4. The minimum atomic E-state index is 0.194. The van der Waals surface area contributed by atoms with Gasteiger partial charge in [0.1, 0.15) is 5.78 Å². The third-order valence-electron chi connectivity index (χ3n) is 7.40. The summed E-state index contributed by atoms with van der Waals surface area (Å²) in [4.78, 5) is 29.1. The van der Waals surface area contributed by atoms with E-state index in [1.54, 1.807) is 0 Å². The van der Waals surface area contributed by atoms with Crippen molar-refractivity contribution in [1.29, 1.82) is 0 Å². The standard InChI is InChI=1S/C22H38N2O2/c1-5-17(4)6-7-20(25)24-10-8-23(9-11-24)19-14-22(15-19)12-18(13-22)21(26)16(2)3/h16-19H,5-15H2,1-4H3. The number of ketones is 1. The lowest BCUT2D eigenvalue weighted by Crippen LogP contribution is -2.61. The van der Waals surface area contributed by atoms with Gasteiger partial charge in [-0.25, -0.2) is 0 Å². The number of hydrogen-bond acceptors (Lipinski definition) is 3. The molecule has 0 radical (unpaired) electrons. The molecule has 4 heteroatoms. The van der Waals surface area contributed by atoms with E-state index in [-0.39, 0.29) is 5.92 Å². The molecule has 1 unspecified atom stereocenters. The summed E-state index contributed by atoms with van der Waals surface area (Å²) in [5.74, 6) is 2.02. The van der Waals surface area contributed by atoms with E-state index in [9.17, 15) is 9.59 Å². The van der Waals surface area contributed by atoms with Gasteiger partial charge < -0.3 is 4.90 Å². The average Bonchev–Trinajstić information content (AvgIpc) is 2.57. The van der Waals surface area contributed by atoms with Crippen LogP contribution in [0.15, 0.2) is 0 Å². The molecule has 3 rings (SSSR count). The highest BCUT2D eigenvalue weighted by Crippen LogP contribution is 2.60. The van der Waals surface area contributed by atoms with Crippen molar-refractivity contribution in [3.63, 3.8) is 0 Å². The van der Waals surface area contributed by atoms with Gasteiger partial charge in [-0.05, 0) is 43.4 Å². The van der Waals surface area contributed by atoms with Gasteiger partial charge in [-0.3, -0.25) is 14.5 Å². The van der Waals surface area contributed by atoms with E-state index in [2.05, 4.69) is 23.6 Å². The number of carbonyl (C=O) groups excluding carboxylic acids is 2. The highest BCUT2D eigenvalue weighted by molar-refractivity contribution is 5.83. The molecule has 3 fully saturated rings. The van der Waals surface area contributed by atoms with Crippen molar-refractivity contribution >= 4 is 11.7 Å². The monoisotopic (exact) mass is 362 g/mol. The molecule has 1 spiro atoms. The van der Waals surface area contributed by atoms with Crippen molar-refractivity contribution < 1.29 is 9.59 Å². The molecule has 3 aliphatic rings. The summed E-state index contributed by atoms with van der Waals surface area (Å²) in [5, 5.41) is 0. The van der Waals surface area contributed by atoms with Crippen LogP contribution in [-0.2, 0) is 9.59 Å². The van der Waals surface area contributed by atoms with Crippen molar-refractivity contribution in [1.82, 2.24) is 9.80 Å². The molecule has 1 aliphatic heterocycles. The van der Waals surface area contributed by atoms with Crippen LogP contribution in [0.3, 0.4) is 0 Å². The minimum absolute atomic E-state index is 0.194. The summed E-state index contributed by atoms with van der Waals surface area (Å²) < 4.78 is 0. The second-order valence-corrected chi connectivity index (χ2v) is 9.69. The highest BCUT2D eigenvalue weighted by Gasteiger charge is 2.55. The fourth-order valence-corrected chi connectivity index (χ4v) is 5.26. The second-order valence-electron chi connectivity index (χ2n) is 9.69. The molecular weight excluding hydrogens is 324 g/mol. The first-order valence-electron chi connectivity index (χ1n) is 10.9. The molecule has 0 N–H and O–H groups in total. The number of rotatable bonds is 7. The lowest BCUT2D eigenvalue weighted by Gasteiger charge is -2.60. The van der Waals surface area contributed by atoms with Crippen molar-refractivity contribution in [3.05, 3.63) is 0 Å². The van der Waals surface area contributed by atoms with E-state index in [0.717, 1.165) is 51.9 Å². The summed E-state index contributed by atoms with van der Waals surface area (Å²) in [5.41, 5.74) is 0.489. The summed E-state index contributed by atoms with van der Waals surface area (Å²) in [6.07, 6.45) is 7.72. The van der Waals surface area contributed by atoms with E-state index in [1.165, 1.54) is 12.8 Å². The molecular formula is C22H38N2O2. The Morgan fingerprint density at radius 2 is 1.62 bits per heavy atom. The maximum absolute atomic E-state index is 12.4. The highest BCUT2D eigenvalue weighted by atomic mass is 16.2. The van der Waals surface area contributed by atoms with E-state index in [4.69, 9.17) is 0 Å². The van der Waals surface area contributed by atoms with Crippen molar-refractivity contribution in [2.45, 2.75) is 78.7 Å². The van der Waals surface area contributed by atoms with Crippen LogP contribution < -0.4 is 0 Å². The average molecular weight is 363 g/mol. The van der Waals surface area contributed by atoms with Gasteiger partial charge in [0.25, 0.3) is 0 Å². The Kier molecular flexibility index (Phi) is 6.11. The molecule has 26 heavy (non-hydrogen) atoms. The number of amides is 1. The van der Waals surface area contributed by atoms with Gasteiger partial charge in [-0.2, -0.15) is 0 Å². The number of nitrogens with zero attached hydrogens (tertiary/aromatic N) is 2. The van der Waals surface area contributed by atoms with Crippen LogP contribution in [0.4, 0.5) is 0 Å². The third-order valence-corrected chi connectivity index (χ3v) is 7.40. The molecule has 1 amide bonds. The number of carbonyl (C=O) groups is 2. The predicted molar refractivity (Wildman–Crippen MR) is 105 cm³/mol. The van der Waals surface area contributed by atoms with Gasteiger partial charge in [0.05, 0.1) is 0 Å². The molecule has 2 saturated carbocycles. The SMILES string of the molecule is CCC(C)CCC(=O)N1CCN(C2CC3(CC(C(=O)C(C)C)C3)C2)CC1. The fourth-order valence-electron chi connectivity index (χ4n) is 5.26. The smallest absolute Gasteiger partial charge is 0.222 e. The van der Waals surface area contributed by atoms with Crippen LogP contribution in [0.5, 0.6) is 0 Å². The van der Waals surface area contributed by atoms with Crippen LogP contribution in [0, 0.1) is 23.2 Å². The predicted octanol–water partition coefficient (Wildman–Crippen LogP) is 3.74. The minimum Gasteiger partial charge on any atom is -0.340 e. The first-order chi connectivity index (χ1) is 12.3. The van der Waals surface area contributed by atoms with Gasteiger partial charge in [0.2, 0.25) is 5.91 Å². The van der Waals surface area contributed by atoms with Crippen molar-refractivity contribution in [2.75, 3.05) is 26.2 Å². The molecule has 148 valence electrons. The van der Waals surface area contributed by atoms with Gasteiger partial charge in [-0.15, -0.1) is 0 Å². The van der Waals surface area contributed by atoms with E-state index in [0.29, 0.717) is 41.4 Å². The van der Waals surface area contributed by atoms with Gasteiger partial charge >= 0.3 is 0 Å². The van der Waals surface area contributed by atoms with Gasteiger partial charge in [0, 0.05) is 50.5 Å². The zero-order valence-corrected chi connectivity index (χ0v) is 17.3. The largest absolute Gasteiger partial charge is 0.340 e. The lowest BCUT2D eigenvalue weighted by molar-refractivity contribution is -0.146. The number of Topliss-reactive ketones (excluding diaryl/α,β-unsaturated/α-hetero) is 1. The van der Waals surface area contributed by atoms with Crippen LogP contribution >= 0.6 is 0 Å². The molecule has 1 heterocycles. The lowest BCUT2D eigenvalue weighted by atomic mass is 9.48. The molecule has 0 aromatic heterocycles.